The highest BCUT2D eigenvalue weighted by molar-refractivity contribution is 6.31. The average Bonchev–Trinajstić information content (AvgIpc) is 3.28. The van der Waals surface area contributed by atoms with E-state index in [-0.39, 0.29) is 29.6 Å². The van der Waals surface area contributed by atoms with Gasteiger partial charge in [0.1, 0.15) is 17.2 Å². The smallest absolute Gasteiger partial charge is 0.394 e. The maximum Gasteiger partial charge on any atom is 0.394 e. The fourth-order valence-electron chi connectivity index (χ4n) is 5.25. The van der Waals surface area contributed by atoms with E-state index in [1.54, 1.807) is 12.1 Å². The molecule has 2 heterocycles. The molecule has 1 unspecified atom stereocenters. The summed E-state index contributed by atoms with van der Waals surface area (Å²) in [6, 6.07) is 7.28. The Kier molecular flexibility index (Phi) is 5.47. The van der Waals surface area contributed by atoms with Crippen molar-refractivity contribution in [1.82, 2.24) is 15.6 Å². The van der Waals surface area contributed by atoms with Crippen LogP contribution < -0.4 is 20.1 Å². The van der Waals surface area contributed by atoms with E-state index in [1.165, 1.54) is 18.2 Å². The Morgan fingerprint density at radius 1 is 1.17 bits per heavy atom. The summed E-state index contributed by atoms with van der Waals surface area (Å²) < 4.78 is 36.1. The van der Waals surface area contributed by atoms with Gasteiger partial charge in [-0.05, 0) is 56.0 Å². The SMILES string of the molecule is CC(F)(F)Oc1ccc(C(=O)NC23CCC(NC(=O)C4CC(=O)c5cc(Cl)ccc5O4)(C2)C3)nc1. The number of hydrogen-bond donors (Lipinski definition) is 2. The second kappa shape index (κ2) is 8.15. The first kappa shape index (κ1) is 23.5. The molecule has 2 aromatic rings. The first-order valence-corrected chi connectivity index (χ1v) is 11.5. The third kappa shape index (κ3) is 4.67. The first-order chi connectivity index (χ1) is 16.4. The predicted octanol–water partition coefficient (Wildman–Crippen LogP) is 3.67. The molecule has 11 heteroatoms. The fraction of sp³-hybridized carbons (Fsp3) is 0.417. The molecule has 6 rings (SSSR count). The van der Waals surface area contributed by atoms with Crippen molar-refractivity contribution >= 4 is 29.2 Å². The van der Waals surface area contributed by atoms with Gasteiger partial charge in [0.05, 0.1) is 18.2 Å². The highest BCUT2D eigenvalue weighted by Gasteiger charge is 2.62. The summed E-state index contributed by atoms with van der Waals surface area (Å²) >= 11 is 5.94. The summed E-state index contributed by atoms with van der Waals surface area (Å²) in [5.41, 5.74) is -0.519. The molecule has 0 saturated heterocycles. The minimum absolute atomic E-state index is 0.0764. The van der Waals surface area contributed by atoms with Gasteiger partial charge in [-0.25, -0.2) is 4.98 Å². The number of hydrogen-bond acceptors (Lipinski definition) is 6. The summed E-state index contributed by atoms with van der Waals surface area (Å²) in [6.45, 7) is 0.613. The van der Waals surface area contributed by atoms with E-state index in [2.05, 4.69) is 20.4 Å². The maximum absolute atomic E-state index is 12.9. The van der Waals surface area contributed by atoms with Crippen molar-refractivity contribution in [2.45, 2.75) is 62.3 Å². The molecule has 3 aliphatic carbocycles. The van der Waals surface area contributed by atoms with Crippen LogP contribution in [0.2, 0.25) is 5.02 Å². The molecule has 1 aromatic carbocycles. The molecular formula is C24H22ClF2N3O5. The summed E-state index contributed by atoms with van der Waals surface area (Å²) in [7, 11) is 0. The third-order valence-corrected chi connectivity index (χ3v) is 6.88. The van der Waals surface area contributed by atoms with Crippen molar-refractivity contribution in [2.24, 2.45) is 0 Å². The second-order valence-corrected chi connectivity index (χ2v) is 9.96. The van der Waals surface area contributed by atoms with E-state index in [9.17, 15) is 23.2 Å². The van der Waals surface area contributed by atoms with E-state index in [4.69, 9.17) is 16.3 Å². The van der Waals surface area contributed by atoms with Crippen LogP contribution in [0.1, 0.15) is 59.9 Å². The molecule has 4 aliphatic rings. The molecule has 1 atom stereocenters. The van der Waals surface area contributed by atoms with Crippen LogP contribution >= 0.6 is 11.6 Å². The fourth-order valence-corrected chi connectivity index (χ4v) is 5.42. The van der Waals surface area contributed by atoms with Crippen molar-refractivity contribution < 1.29 is 32.6 Å². The van der Waals surface area contributed by atoms with Crippen LogP contribution in [0.15, 0.2) is 36.5 Å². The minimum Gasteiger partial charge on any atom is -0.479 e. The number of nitrogens with one attached hydrogen (secondary N) is 2. The number of alkyl halides is 2. The Morgan fingerprint density at radius 3 is 2.54 bits per heavy atom. The van der Waals surface area contributed by atoms with Gasteiger partial charge < -0.3 is 20.1 Å². The molecule has 35 heavy (non-hydrogen) atoms. The summed E-state index contributed by atoms with van der Waals surface area (Å²) in [5, 5.41) is 6.41. The normalized spacial score (nSPS) is 26.7. The number of ether oxygens (including phenoxy) is 2. The topological polar surface area (TPSA) is 107 Å². The molecule has 1 aromatic heterocycles. The van der Waals surface area contributed by atoms with Crippen molar-refractivity contribution in [3.05, 3.63) is 52.8 Å². The van der Waals surface area contributed by atoms with Gasteiger partial charge in [0.25, 0.3) is 11.8 Å². The molecule has 2 N–H and O–H groups in total. The Morgan fingerprint density at radius 2 is 1.89 bits per heavy atom. The third-order valence-electron chi connectivity index (χ3n) is 6.64. The number of halogens is 3. The van der Waals surface area contributed by atoms with Gasteiger partial charge >= 0.3 is 6.11 Å². The zero-order valence-electron chi connectivity index (χ0n) is 18.7. The van der Waals surface area contributed by atoms with Gasteiger partial charge in [-0.3, -0.25) is 14.4 Å². The van der Waals surface area contributed by atoms with Crippen molar-refractivity contribution in [2.75, 3.05) is 0 Å². The molecule has 3 saturated carbocycles. The molecule has 0 spiro atoms. The highest BCUT2D eigenvalue weighted by Crippen LogP contribution is 2.55. The van der Waals surface area contributed by atoms with Gasteiger partial charge in [-0.1, -0.05) is 11.6 Å². The van der Waals surface area contributed by atoms with E-state index in [0.717, 1.165) is 6.20 Å². The molecule has 1 aliphatic heterocycles. The first-order valence-electron chi connectivity index (χ1n) is 11.1. The predicted molar refractivity (Wildman–Crippen MR) is 120 cm³/mol. The number of nitrogens with zero attached hydrogens (tertiary/aromatic N) is 1. The zero-order chi connectivity index (χ0) is 25.0. The number of carbonyl (C=O) groups excluding carboxylic acids is 3. The van der Waals surface area contributed by atoms with E-state index in [1.807, 2.05) is 0 Å². The summed E-state index contributed by atoms with van der Waals surface area (Å²) in [4.78, 5) is 41.9. The van der Waals surface area contributed by atoms with Crippen LogP contribution in [0.25, 0.3) is 0 Å². The number of aromatic nitrogens is 1. The average molecular weight is 506 g/mol. The number of rotatable bonds is 6. The lowest BCUT2D eigenvalue weighted by Crippen LogP contribution is -2.65. The number of amides is 2. The highest BCUT2D eigenvalue weighted by atomic mass is 35.5. The number of carbonyl (C=O) groups is 3. The Bertz CT molecular complexity index is 1210. The monoisotopic (exact) mass is 505 g/mol. The Hall–Kier alpha value is -3.27. The number of ketones is 1. The van der Waals surface area contributed by atoms with Crippen molar-refractivity contribution in [3.63, 3.8) is 0 Å². The second-order valence-electron chi connectivity index (χ2n) is 9.52. The zero-order valence-corrected chi connectivity index (χ0v) is 19.5. The van der Waals surface area contributed by atoms with E-state index in [0.29, 0.717) is 48.9 Å². The van der Waals surface area contributed by atoms with Crippen LogP contribution in [0.4, 0.5) is 8.78 Å². The standard InChI is InChI=1S/C24H22ClF2N3O5/c1-22(26,27)35-14-3-4-16(28-10-14)20(32)29-23-6-7-24(11-23,12-23)30-21(33)19-9-17(31)15-8-13(25)2-5-18(15)34-19/h2-5,8,10,19H,6-7,9,11-12H2,1H3,(H,29,32)(H,30,33). The lowest BCUT2D eigenvalue weighted by Gasteiger charge is -2.48. The summed E-state index contributed by atoms with van der Waals surface area (Å²) in [6.07, 6.45) is -0.891. The van der Waals surface area contributed by atoms with Gasteiger partial charge in [-0.2, -0.15) is 8.78 Å². The van der Waals surface area contributed by atoms with Crippen LogP contribution in [0.5, 0.6) is 11.5 Å². The number of fused-ring (bicyclic) bond motifs is 2. The van der Waals surface area contributed by atoms with E-state index >= 15 is 0 Å². The van der Waals surface area contributed by atoms with Crippen LogP contribution in [-0.2, 0) is 4.79 Å². The molecule has 184 valence electrons. The largest absolute Gasteiger partial charge is 0.479 e. The quantitative estimate of drug-likeness (QED) is 0.620. The number of Topliss-reactive ketones (excluding diaryl/α,β-unsaturated/α-hetero) is 1. The Balaban J connectivity index is 1.17. The molecule has 3 fully saturated rings. The van der Waals surface area contributed by atoms with Gasteiger partial charge in [-0.15, -0.1) is 0 Å². The molecular weight excluding hydrogens is 484 g/mol. The van der Waals surface area contributed by atoms with Crippen molar-refractivity contribution in [3.8, 4) is 11.5 Å². The maximum atomic E-state index is 12.9. The lowest BCUT2D eigenvalue weighted by molar-refractivity contribution is -0.159. The number of pyridine rings is 1. The van der Waals surface area contributed by atoms with Gasteiger partial charge in [0, 0.05) is 23.0 Å². The van der Waals surface area contributed by atoms with Crippen molar-refractivity contribution in [1.29, 1.82) is 0 Å². The molecule has 8 nitrogen and oxygen atoms in total. The van der Waals surface area contributed by atoms with Gasteiger partial charge in [0.15, 0.2) is 11.9 Å². The van der Waals surface area contributed by atoms with Crippen LogP contribution in [0.3, 0.4) is 0 Å². The van der Waals surface area contributed by atoms with Crippen LogP contribution in [-0.4, -0.2) is 45.9 Å². The Labute approximate surface area is 204 Å². The van der Waals surface area contributed by atoms with Gasteiger partial charge in [0.2, 0.25) is 0 Å². The lowest BCUT2D eigenvalue weighted by atomic mass is 9.71. The number of benzene rings is 1. The molecule has 2 bridgehead atoms. The molecule has 0 radical (unpaired) electrons. The summed E-state index contributed by atoms with van der Waals surface area (Å²) in [5.74, 6) is -0.826. The van der Waals surface area contributed by atoms with Crippen LogP contribution in [0, 0.1) is 0 Å². The molecule has 2 amide bonds. The minimum atomic E-state index is -3.35. The van der Waals surface area contributed by atoms with E-state index < -0.39 is 29.2 Å².